The average molecular weight is 525 g/mol. The van der Waals surface area contributed by atoms with Gasteiger partial charge in [-0.05, 0) is 24.6 Å². The molecule has 16 heteroatoms. The van der Waals surface area contributed by atoms with Crippen molar-refractivity contribution >= 4 is 17.7 Å². The van der Waals surface area contributed by atoms with Gasteiger partial charge in [0, 0.05) is 38.4 Å². The Morgan fingerprint density at radius 3 is 2.00 bits per heavy atom. The number of hydrogen-bond donors (Lipinski definition) is 2. The zero-order chi connectivity index (χ0) is 26.8. The Hall–Kier alpha value is -2.91. The number of carboxylic acid groups (broad SMARTS) is 1. The Morgan fingerprint density at radius 1 is 1.00 bits per heavy atom. The molecule has 0 radical (unpaired) electrons. The van der Waals surface area contributed by atoms with E-state index in [1.165, 1.54) is 6.92 Å². The lowest BCUT2D eigenvalue weighted by Gasteiger charge is -2.35. The number of alkyl halides is 9. The average Bonchev–Trinajstić information content (AvgIpc) is 2.71. The first-order valence-electron chi connectivity index (χ1n) is 9.90. The summed E-state index contributed by atoms with van der Waals surface area (Å²) in [6.07, 6.45) is -22.5. The summed E-state index contributed by atoms with van der Waals surface area (Å²) in [5, 5.41) is 11.5. The van der Waals surface area contributed by atoms with Gasteiger partial charge in [0.05, 0.1) is 5.56 Å². The van der Waals surface area contributed by atoms with E-state index in [1.54, 1.807) is 4.90 Å². The van der Waals surface area contributed by atoms with Crippen molar-refractivity contribution in [1.29, 1.82) is 0 Å². The lowest BCUT2D eigenvalue weighted by Crippen LogP contribution is -2.52. The maximum Gasteiger partial charge on any atom is 0.434 e. The Morgan fingerprint density at radius 2 is 1.54 bits per heavy atom. The van der Waals surface area contributed by atoms with Gasteiger partial charge in [-0.1, -0.05) is 6.07 Å². The van der Waals surface area contributed by atoms with Crippen molar-refractivity contribution in [1.82, 2.24) is 9.80 Å². The number of halogens is 9. The summed E-state index contributed by atoms with van der Waals surface area (Å²) in [6.45, 7) is 0.460. The molecule has 35 heavy (non-hydrogen) atoms. The molecule has 2 rings (SSSR count). The van der Waals surface area contributed by atoms with Crippen LogP contribution in [0.5, 0.6) is 0 Å². The van der Waals surface area contributed by atoms with Crippen LogP contribution in [0.25, 0.3) is 0 Å². The lowest BCUT2D eigenvalue weighted by atomic mass is 10.1. The number of hydrogen-bond acceptors (Lipinski definition) is 5. The molecule has 1 aliphatic heterocycles. The van der Waals surface area contributed by atoms with E-state index in [1.807, 2.05) is 0 Å². The minimum atomic E-state index is -5.85. The van der Waals surface area contributed by atoms with Crippen molar-refractivity contribution < 1.29 is 58.9 Å². The highest BCUT2D eigenvalue weighted by Crippen LogP contribution is 2.36. The molecule has 1 heterocycles. The van der Waals surface area contributed by atoms with Crippen LogP contribution in [0.4, 0.5) is 50.0 Å². The van der Waals surface area contributed by atoms with Crippen LogP contribution in [0.3, 0.4) is 0 Å². The fourth-order valence-electron chi connectivity index (χ4n) is 3.14. The Kier molecular flexibility index (Phi) is 8.40. The van der Waals surface area contributed by atoms with Crippen LogP contribution in [-0.4, -0.2) is 77.6 Å². The molecular weight excluding hydrogens is 505 g/mol. The number of nitrogens with zero attached hydrogens (tertiary/aromatic N) is 2. The lowest BCUT2D eigenvalue weighted by molar-refractivity contribution is -0.308. The number of aliphatic carboxylic acids is 1. The summed E-state index contributed by atoms with van der Waals surface area (Å²) in [5.74, 6) is -1.32. The number of anilines is 1. The van der Waals surface area contributed by atoms with Crippen LogP contribution in [0.1, 0.15) is 18.1 Å². The highest BCUT2D eigenvalue weighted by molar-refractivity contribution is 5.77. The largest absolute Gasteiger partial charge is 0.480 e. The smallest absolute Gasteiger partial charge is 0.434 e. The van der Waals surface area contributed by atoms with Gasteiger partial charge in [-0.2, -0.15) is 39.5 Å². The van der Waals surface area contributed by atoms with Crippen LogP contribution in [0.2, 0.25) is 0 Å². The van der Waals surface area contributed by atoms with Gasteiger partial charge >= 0.3 is 30.6 Å². The molecule has 0 aliphatic carbocycles. The van der Waals surface area contributed by atoms with Crippen molar-refractivity contribution in [2.24, 2.45) is 0 Å². The number of carbonyl (C=O) groups excluding carboxylic acids is 1. The van der Waals surface area contributed by atoms with E-state index in [0.29, 0.717) is 4.90 Å². The third-order valence-electron chi connectivity index (χ3n) is 5.02. The van der Waals surface area contributed by atoms with Crippen molar-refractivity contribution in [3.8, 4) is 0 Å². The van der Waals surface area contributed by atoms with E-state index < -0.39 is 48.3 Å². The van der Waals surface area contributed by atoms with E-state index in [-0.39, 0.29) is 44.0 Å². The van der Waals surface area contributed by atoms with Gasteiger partial charge in [0.2, 0.25) is 0 Å². The fourth-order valence-corrected chi connectivity index (χ4v) is 3.14. The summed E-state index contributed by atoms with van der Waals surface area (Å²) in [5.41, 5.74) is -0.885. The molecule has 1 amide bonds. The molecule has 0 spiro atoms. The predicted molar refractivity (Wildman–Crippen MR) is 101 cm³/mol. The first-order valence-corrected chi connectivity index (χ1v) is 9.90. The fraction of sp³-hybridized carbons (Fsp3) is 0.579. The minimum Gasteiger partial charge on any atom is -0.480 e. The zero-order valence-corrected chi connectivity index (χ0v) is 17.9. The monoisotopic (exact) mass is 525 g/mol. The highest BCUT2D eigenvalue weighted by Gasteiger charge is 2.60. The molecule has 0 saturated carbocycles. The Balaban J connectivity index is 2.08. The highest BCUT2D eigenvalue weighted by atomic mass is 19.4. The first-order chi connectivity index (χ1) is 15.9. The topological polar surface area (TPSA) is 82.1 Å². The summed E-state index contributed by atoms with van der Waals surface area (Å²) >= 11 is 0. The third kappa shape index (κ3) is 7.80. The molecule has 1 fully saturated rings. The number of piperazine rings is 1. The van der Waals surface area contributed by atoms with E-state index in [2.05, 4.69) is 10.1 Å². The van der Waals surface area contributed by atoms with Gasteiger partial charge in [0.25, 0.3) is 6.10 Å². The first kappa shape index (κ1) is 28.3. The molecule has 7 nitrogen and oxygen atoms in total. The molecule has 0 aromatic heterocycles. The predicted octanol–water partition coefficient (Wildman–Crippen LogP) is 4.34. The second-order valence-electron chi connectivity index (χ2n) is 7.68. The number of amides is 1. The molecule has 1 saturated heterocycles. The summed E-state index contributed by atoms with van der Waals surface area (Å²) in [7, 11) is 0. The van der Waals surface area contributed by atoms with E-state index in [0.717, 1.165) is 18.2 Å². The standard InChI is InChI=1S/C19H20F9N3O4/c1-10(14(32)33)29-13-8-12(17(20,21)22)3-2-11(13)9-30-4-6-31(7-5-30)16(34)35-15(18(23,24)25)19(26,27)28/h2-3,8,10,15,29H,4-7,9H2,1H3,(H,32,33). The summed E-state index contributed by atoms with van der Waals surface area (Å²) in [6, 6.07) is 1.40. The SMILES string of the molecule is CC(Nc1cc(C(F)(F)F)ccc1CN1CCN(C(=O)OC(C(F)(F)F)C(F)(F)F)CC1)C(=O)O. The van der Waals surface area contributed by atoms with Crippen LogP contribution in [0, 0.1) is 0 Å². The van der Waals surface area contributed by atoms with Gasteiger partial charge in [-0.15, -0.1) is 0 Å². The molecular formula is C19H20F9N3O4. The van der Waals surface area contributed by atoms with Crippen LogP contribution < -0.4 is 5.32 Å². The summed E-state index contributed by atoms with van der Waals surface area (Å²) in [4.78, 5) is 25.2. The Labute approximate surface area is 192 Å². The van der Waals surface area contributed by atoms with Gasteiger partial charge in [0.15, 0.2) is 0 Å². The van der Waals surface area contributed by atoms with E-state index in [9.17, 15) is 49.1 Å². The molecule has 198 valence electrons. The molecule has 1 aromatic rings. The number of benzene rings is 1. The molecule has 2 N–H and O–H groups in total. The number of carboxylic acids is 1. The van der Waals surface area contributed by atoms with Crippen molar-refractivity contribution in [2.45, 2.75) is 44.1 Å². The molecule has 1 atom stereocenters. The normalized spacial score (nSPS) is 16.8. The van der Waals surface area contributed by atoms with Gasteiger partial charge in [-0.25, -0.2) is 4.79 Å². The van der Waals surface area contributed by atoms with Gasteiger partial charge < -0.3 is 20.1 Å². The number of nitrogens with one attached hydrogen (secondary N) is 1. The molecule has 1 aromatic carbocycles. The minimum absolute atomic E-state index is 0.0383. The number of ether oxygens (including phenoxy) is 1. The van der Waals surface area contributed by atoms with Crippen molar-refractivity contribution in [3.05, 3.63) is 29.3 Å². The van der Waals surface area contributed by atoms with Crippen LogP contribution >= 0.6 is 0 Å². The third-order valence-corrected chi connectivity index (χ3v) is 5.02. The van der Waals surface area contributed by atoms with Gasteiger partial charge in [0.1, 0.15) is 6.04 Å². The maximum atomic E-state index is 13.1. The summed E-state index contributed by atoms with van der Waals surface area (Å²) < 4.78 is 118. The van der Waals surface area contributed by atoms with Crippen LogP contribution in [-0.2, 0) is 22.3 Å². The molecule has 1 unspecified atom stereocenters. The molecule has 0 bridgehead atoms. The van der Waals surface area contributed by atoms with Crippen molar-refractivity contribution in [3.63, 3.8) is 0 Å². The second-order valence-corrected chi connectivity index (χ2v) is 7.68. The zero-order valence-electron chi connectivity index (χ0n) is 17.9. The maximum absolute atomic E-state index is 13.1. The second kappa shape index (κ2) is 10.4. The van der Waals surface area contributed by atoms with E-state index in [4.69, 9.17) is 5.11 Å². The van der Waals surface area contributed by atoms with E-state index >= 15 is 0 Å². The Bertz CT molecular complexity index is 896. The van der Waals surface area contributed by atoms with Gasteiger partial charge in [-0.3, -0.25) is 9.69 Å². The number of rotatable bonds is 6. The quantitative estimate of drug-likeness (QED) is 0.538. The molecule has 1 aliphatic rings. The van der Waals surface area contributed by atoms with Crippen molar-refractivity contribution in [2.75, 3.05) is 31.5 Å². The van der Waals surface area contributed by atoms with Crippen LogP contribution in [0.15, 0.2) is 18.2 Å². The number of carbonyl (C=O) groups is 2.